The number of allylic oxidation sites excluding steroid dienone is 2. The Morgan fingerprint density at radius 2 is 1.63 bits per heavy atom. The van der Waals surface area contributed by atoms with Gasteiger partial charge >= 0.3 is 5.97 Å². The average molecular weight is 406 g/mol. The third-order valence-electron chi connectivity index (χ3n) is 4.69. The molecule has 0 saturated heterocycles. The van der Waals surface area contributed by atoms with Crippen molar-refractivity contribution in [2.75, 3.05) is 7.11 Å². The Bertz CT molecular complexity index is 819. The van der Waals surface area contributed by atoms with Crippen LogP contribution in [0.15, 0.2) is 11.1 Å². The molecule has 1 aliphatic rings. The van der Waals surface area contributed by atoms with Gasteiger partial charge in [-0.3, -0.25) is 4.79 Å². The van der Waals surface area contributed by atoms with E-state index >= 15 is 0 Å². The minimum atomic E-state index is -1.65. The minimum Gasteiger partial charge on any atom is -0.460 e. The van der Waals surface area contributed by atoms with Crippen molar-refractivity contribution in [2.24, 2.45) is 17.3 Å². The lowest BCUT2D eigenvalue weighted by Gasteiger charge is -2.12. The van der Waals surface area contributed by atoms with Gasteiger partial charge in [0, 0.05) is 7.11 Å². The molecule has 0 aromatic heterocycles. The number of rotatable bonds is 6. The highest BCUT2D eigenvalue weighted by Gasteiger charge is 2.61. The Morgan fingerprint density at radius 1 is 1.15 bits per heavy atom. The van der Waals surface area contributed by atoms with E-state index in [9.17, 15) is 22.4 Å². The zero-order chi connectivity index (χ0) is 20.5. The first-order valence-electron chi connectivity index (χ1n) is 7.84. The molecule has 1 saturated carbocycles. The molecule has 146 valence electrons. The Hall–Kier alpha value is -2.11. The maximum Gasteiger partial charge on any atom is 0.310 e. The number of halogens is 5. The number of ether oxygens (including phenoxy) is 2. The highest BCUT2D eigenvalue weighted by atomic mass is 35.5. The van der Waals surface area contributed by atoms with Crippen molar-refractivity contribution in [2.45, 2.75) is 27.1 Å². The van der Waals surface area contributed by atoms with Crippen molar-refractivity contribution in [3.63, 3.8) is 0 Å². The van der Waals surface area contributed by atoms with E-state index in [0.29, 0.717) is 0 Å². The summed E-state index contributed by atoms with van der Waals surface area (Å²) in [6.07, 6.45) is 1.40. The van der Waals surface area contributed by atoms with Crippen LogP contribution in [0.3, 0.4) is 0 Å². The maximum absolute atomic E-state index is 14.0. The number of esters is 1. The number of carbonyl (C=O) groups excluding carboxylic acids is 1. The summed E-state index contributed by atoms with van der Waals surface area (Å²) in [6, 6.07) is 1.72. The van der Waals surface area contributed by atoms with E-state index in [1.807, 2.05) is 0 Å². The number of benzene rings is 1. The van der Waals surface area contributed by atoms with Gasteiger partial charge in [0.1, 0.15) is 17.7 Å². The van der Waals surface area contributed by atoms with E-state index < -0.39 is 70.8 Å². The monoisotopic (exact) mass is 405 g/mol. The number of methoxy groups -OCH3 is 1. The molecule has 0 amide bonds. The first kappa shape index (κ1) is 21.2. The molecule has 9 heteroatoms. The SMILES string of the molecule is COCc1c(F)c(F)c(COC(=O)[C@@H]2[C@@H](/C=C(\Cl)C#N)C2(C)C)c(F)c1F. The molecular formula is C18H16ClF4NO3. The van der Waals surface area contributed by atoms with Crippen molar-refractivity contribution in [3.8, 4) is 6.07 Å². The quantitative estimate of drug-likeness (QED) is 0.305. The maximum atomic E-state index is 14.0. The highest BCUT2D eigenvalue weighted by Crippen LogP contribution is 2.60. The van der Waals surface area contributed by atoms with Gasteiger partial charge in [0.15, 0.2) is 23.3 Å². The first-order chi connectivity index (χ1) is 12.6. The second kappa shape index (κ2) is 7.87. The van der Waals surface area contributed by atoms with Gasteiger partial charge in [-0.25, -0.2) is 17.6 Å². The molecule has 27 heavy (non-hydrogen) atoms. The molecule has 0 radical (unpaired) electrons. The molecule has 0 bridgehead atoms. The van der Waals surface area contributed by atoms with Crippen molar-refractivity contribution in [1.29, 1.82) is 5.26 Å². The summed E-state index contributed by atoms with van der Waals surface area (Å²) in [6.45, 7) is 1.81. The third-order valence-corrected chi connectivity index (χ3v) is 4.90. The molecule has 0 unspecified atom stereocenters. The molecule has 2 atom stereocenters. The predicted octanol–water partition coefficient (Wildman–Crippen LogP) is 4.35. The van der Waals surface area contributed by atoms with Crippen molar-refractivity contribution in [1.82, 2.24) is 0 Å². The van der Waals surface area contributed by atoms with Gasteiger partial charge < -0.3 is 9.47 Å². The second-order valence-corrected chi connectivity index (χ2v) is 7.11. The van der Waals surface area contributed by atoms with Crippen molar-refractivity contribution >= 4 is 17.6 Å². The molecule has 1 aromatic carbocycles. The molecule has 0 N–H and O–H groups in total. The standard InChI is InChI=1S/C18H16ClF4NO3/c1-18(2)11(4-8(19)5-24)12(18)17(25)27-7-10-15(22)13(20)9(6-26-3)14(21)16(10)23/h4,11-12H,6-7H2,1-3H3/b8-4-/t11-,12+/m1/s1. The molecule has 0 aliphatic heterocycles. The molecule has 1 aliphatic carbocycles. The number of nitriles is 1. The van der Waals surface area contributed by atoms with E-state index in [0.717, 1.165) is 7.11 Å². The van der Waals surface area contributed by atoms with Crippen LogP contribution < -0.4 is 0 Å². The number of nitrogens with zero attached hydrogens (tertiary/aromatic N) is 1. The Balaban J connectivity index is 2.18. The van der Waals surface area contributed by atoms with Crippen LogP contribution in [0.1, 0.15) is 25.0 Å². The number of hydrogen-bond donors (Lipinski definition) is 0. The van der Waals surface area contributed by atoms with Crippen LogP contribution in [0.5, 0.6) is 0 Å². The first-order valence-corrected chi connectivity index (χ1v) is 8.22. The smallest absolute Gasteiger partial charge is 0.310 e. The number of hydrogen-bond acceptors (Lipinski definition) is 4. The fourth-order valence-corrected chi connectivity index (χ4v) is 3.12. The third kappa shape index (κ3) is 3.94. The lowest BCUT2D eigenvalue weighted by atomic mass is 10.1. The Morgan fingerprint density at radius 3 is 2.07 bits per heavy atom. The van der Waals surface area contributed by atoms with Crippen LogP contribution in [0.2, 0.25) is 0 Å². The van der Waals surface area contributed by atoms with Gasteiger partial charge in [-0.1, -0.05) is 31.5 Å². The van der Waals surface area contributed by atoms with Gasteiger partial charge in [0.05, 0.1) is 23.7 Å². The summed E-state index contributed by atoms with van der Waals surface area (Å²) in [5.41, 5.74) is -2.50. The van der Waals surface area contributed by atoms with Gasteiger partial charge in [-0.15, -0.1) is 0 Å². The molecule has 2 rings (SSSR count). The van der Waals surface area contributed by atoms with Crippen LogP contribution in [0.25, 0.3) is 0 Å². The van der Waals surface area contributed by atoms with Crippen LogP contribution >= 0.6 is 11.6 Å². The lowest BCUT2D eigenvalue weighted by molar-refractivity contribution is -0.147. The second-order valence-electron chi connectivity index (χ2n) is 6.70. The van der Waals surface area contributed by atoms with E-state index in [1.165, 1.54) is 6.08 Å². The van der Waals surface area contributed by atoms with Crippen molar-refractivity contribution in [3.05, 3.63) is 45.5 Å². The fourth-order valence-electron chi connectivity index (χ4n) is 2.99. The highest BCUT2D eigenvalue weighted by molar-refractivity contribution is 6.31. The molecular weight excluding hydrogens is 390 g/mol. The molecule has 1 aromatic rings. The summed E-state index contributed by atoms with van der Waals surface area (Å²) < 4.78 is 65.3. The van der Waals surface area contributed by atoms with Crippen LogP contribution in [0.4, 0.5) is 17.6 Å². The predicted molar refractivity (Wildman–Crippen MR) is 87.1 cm³/mol. The summed E-state index contributed by atoms with van der Waals surface area (Å²) in [7, 11) is 1.12. The van der Waals surface area contributed by atoms with E-state index in [-0.39, 0.29) is 5.03 Å². The molecule has 1 fully saturated rings. The molecule has 0 heterocycles. The fraction of sp³-hybridized carbons (Fsp3) is 0.444. The van der Waals surface area contributed by atoms with Gasteiger partial charge in [-0.2, -0.15) is 5.26 Å². The summed E-state index contributed by atoms with van der Waals surface area (Å²) >= 11 is 5.64. The normalized spacial score (nSPS) is 20.9. The average Bonchev–Trinajstić information content (AvgIpc) is 3.16. The van der Waals surface area contributed by atoms with Gasteiger partial charge in [-0.05, 0) is 11.3 Å². The topological polar surface area (TPSA) is 59.3 Å². The minimum absolute atomic E-state index is 0.0988. The summed E-state index contributed by atoms with van der Waals surface area (Å²) in [5, 5.41) is 8.60. The van der Waals surface area contributed by atoms with E-state index in [2.05, 4.69) is 4.74 Å². The van der Waals surface area contributed by atoms with Crippen LogP contribution in [0, 0.1) is 51.9 Å². The largest absolute Gasteiger partial charge is 0.460 e. The van der Waals surface area contributed by atoms with E-state index in [4.69, 9.17) is 21.6 Å². The van der Waals surface area contributed by atoms with E-state index in [1.54, 1.807) is 19.9 Å². The van der Waals surface area contributed by atoms with Crippen molar-refractivity contribution < 1.29 is 31.8 Å². The van der Waals surface area contributed by atoms with Gasteiger partial charge in [0.25, 0.3) is 0 Å². The zero-order valence-corrected chi connectivity index (χ0v) is 15.5. The van der Waals surface area contributed by atoms with Gasteiger partial charge in [0.2, 0.25) is 0 Å². The zero-order valence-electron chi connectivity index (χ0n) is 14.7. The molecule has 0 spiro atoms. The summed E-state index contributed by atoms with van der Waals surface area (Å²) in [4.78, 5) is 12.2. The Labute approximate surface area is 158 Å². The molecule has 4 nitrogen and oxygen atoms in total. The van der Waals surface area contributed by atoms with Crippen LogP contribution in [-0.4, -0.2) is 13.1 Å². The summed E-state index contributed by atoms with van der Waals surface area (Å²) in [5.74, 6) is -8.41. The lowest BCUT2D eigenvalue weighted by Crippen LogP contribution is -2.15. The Kier molecular flexibility index (Phi) is 6.17. The van der Waals surface area contributed by atoms with Crippen LogP contribution in [-0.2, 0) is 27.5 Å². The number of carbonyl (C=O) groups is 1.